The average Bonchev–Trinajstić information content (AvgIpc) is 2.37. The van der Waals surface area contributed by atoms with Crippen LogP contribution in [0.25, 0.3) is 0 Å². The van der Waals surface area contributed by atoms with E-state index in [4.69, 9.17) is 5.73 Å². The molecule has 0 bridgehead atoms. The third-order valence-corrected chi connectivity index (χ3v) is 5.71. The molecular formula is C16H32N2. The lowest BCUT2D eigenvalue weighted by Crippen LogP contribution is -2.46. The van der Waals surface area contributed by atoms with Crippen LogP contribution in [0.1, 0.15) is 59.3 Å². The van der Waals surface area contributed by atoms with E-state index in [9.17, 15) is 0 Å². The van der Waals surface area contributed by atoms with Crippen LogP contribution in [0.2, 0.25) is 0 Å². The summed E-state index contributed by atoms with van der Waals surface area (Å²) in [6.45, 7) is 11.0. The molecule has 0 aromatic rings. The molecule has 1 aliphatic heterocycles. The van der Waals surface area contributed by atoms with Gasteiger partial charge in [0.25, 0.3) is 0 Å². The number of hydrogen-bond acceptors (Lipinski definition) is 2. The number of piperidine rings is 1. The molecule has 0 amide bonds. The third kappa shape index (κ3) is 3.48. The van der Waals surface area contributed by atoms with Crippen LogP contribution in [-0.2, 0) is 0 Å². The van der Waals surface area contributed by atoms with Crippen molar-refractivity contribution >= 4 is 0 Å². The van der Waals surface area contributed by atoms with E-state index in [2.05, 4.69) is 25.7 Å². The summed E-state index contributed by atoms with van der Waals surface area (Å²) in [5.74, 6) is 1.64. The largest absolute Gasteiger partial charge is 0.327 e. The zero-order valence-electron chi connectivity index (χ0n) is 12.6. The summed E-state index contributed by atoms with van der Waals surface area (Å²) in [6.07, 6.45) is 8.02. The van der Waals surface area contributed by atoms with Gasteiger partial charge in [-0.05, 0) is 62.4 Å². The molecule has 3 unspecified atom stereocenters. The highest BCUT2D eigenvalue weighted by atomic mass is 15.1. The van der Waals surface area contributed by atoms with Gasteiger partial charge in [-0.2, -0.15) is 0 Å². The third-order valence-electron chi connectivity index (χ3n) is 5.71. The molecule has 3 atom stereocenters. The van der Waals surface area contributed by atoms with Crippen molar-refractivity contribution in [1.29, 1.82) is 0 Å². The van der Waals surface area contributed by atoms with E-state index in [-0.39, 0.29) is 0 Å². The second-order valence-corrected chi connectivity index (χ2v) is 7.31. The van der Waals surface area contributed by atoms with Crippen LogP contribution in [0.4, 0.5) is 0 Å². The summed E-state index contributed by atoms with van der Waals surface area (Å²) in [6, 6.07) is 0.459. The first kappa shape index (κ1) is 14.3. The van der Waals surface area contributed by atoms with Crippen molar-refractivity contribution < 1.29 is 0 Å². The number of nitrogens with two attached hydrogens (primary N) is 1. The highest BCUT2D eigenvalue weighted by Gasteiger charge is 2.32. The van der Waals surface area contributed by atoms with E-state index in [1.807, 2.05) is 0 Å². The van der Waals surface area contributed by atoms with E-state index in [1.165, 1.54) is 58.2 Å². The Hall–Kier alpha value is -0.0800. The molecule has 2 heteroatoms. The summed E-state index contributed by atoms with van der Waals surface area (Å²) in [7, 11) is 0. The quantitative estimate of drug-likeness (QED) is 0.835. The van der Waals surface area contributed by atoms with Crippen molar-refractivity contribution in [3.63, 3.8) is 0 Å². The summed E-state index contributed by atoms with van der Waals surface area (Å²) in [5, 5.41) is 0. The fourth-order valence-corrected chi connectivity index (χ4v) is 3.69. The molecule has 2 fully saturated rings. The molecule has 2 rings (SSSR count). The minimum atomic E-state index is 0.459. The molecule has 1 aliphatic carbocycles. The summed E-state index contributed by atoms with van der Waals surface area (Å²) < 4.78 is 0. The molecule has 18 heavy (non-hydrogen) atoms. The molecule has 0 radical (unpaired) electrons. The van der Waals surface area contributed by atoms with E-state index in [1.54, 1.807) is 0 Å². The van der Waals surface area contributed by atoms with Crippen LogP contribution in [0.5, 0.6) is 0 Å². The summed E-state index contributed by atoms with van der Waals surface area (Å²) in [4.78, 5) is 2.68. The molecule has 2 N–H and O–H groups in total. The zero-order chi connectivity index (χ0) is 13.2. The Morgan fingerprint density at radius 3 is 2.50 bits per heavy atom. The van der Waals surface area contributed by atoms with Crippen LogP contribution in [0.15, 0.2) is 0 Å². The van der Waals surface area contributed by atoms with Crippen LogP contribution in [0.3, 0.4) is 0 Å². The van der Waals surface area contributed by atoms with Crippen molar-refractivity contribution in [1.82, 2.24) is 4.90 Å². The lowest BCUT2D eigenvalue weighted by Gasteiger charge is -2.42. The first-order valence-electron chi connectivity index (χ1n) is 8.00. The molecule has 1 saturated carbocycles. The van der Waals surface area contributed by atoms with Crippen LogP contribution >= 0.6 is 0 Å². The van der Waals surface area contributed by atoms with Crippen molar-refractivity contribution in [3.8, 4) is 0 Å². The number of hydrogen-bond donors (Lipinski definition) is 1. The molecule has 2 nitrogen and oxygen atoms in total. The second kappa shape index (κ2) is 5.92. The number of likely N-dealkylation sites (tertiary alicyclic amines) is 1. The van der Waals surface area contributed by atoms with Gasteiger partial charge in [-0.1, -0.05) is 27.2 Å². The van der Waals surface area contributed by atoms with Crippen LogP contribution < -0.4 is 5.73 Å². The Morgan fingerprint density at radius 1 is 1.22 bits per heavy atom. The maximum atomic E-state index is 6.31. The fraction of sp³-hybridized carbons (Fsp3) is 1.00. The Balaban J connectivity index is 1.80. The van der Waals surface area contributed by atoms with Crippen LogP contribution in [-0.4, -0.2) is 30.6 Å². The second-order valence-electron chi connectivity index (χ2n) is 7.31. The van der Waals surface area contributed by atoms with Gasteiger partial charge in [-0.3, -0.25) is 0 Å². The van der Waals surface area contributed by atoms with Crippen molar-refractivity contribution in [2.45, 2.75) is 65.3 Å². The first-order valence-corrected chi connectivity index (χ1v) is 8.00. The van der Waals surface area contributed by atoms with Crippen molar-refractivity contribution in [2.75, 3.05) is 19.6 Å². The average molecular weight is 252 g/mol. The Kier molecular flexibility index (Phi) is 4.71. The molecule has 0 aromatic heterocycles. The molecular weight excluding hydrogens is 220 g/mol. The summed E-state index contributed by atoms with van der Waals surface area (Å²) in [5.41, 5.74) is 6.92. The van der Waals surface area contributed by atoms with Crippen LogP contribution in [0, 0.1) is 17.3 Å². The lowest BCUT2D eigenvalue weighted by molar-refractivity contribution is 0.0842. The van der Waals surface area contributed by atoms with Gasteiger partial charge in [-0.15, -0.1) is 0 Å². The monoisotopic (exact) mass is 252 g/mol. The highest BCUT2D eigenvalue weighted by molar-refractivity contribution is 4.86. The van der Waals surface area contributed by atoms with E-state index in [0.29, 0.717) is 11.5 Å². The smallest absolute Gasteiger partial charge is 0.00795 e. The minimum absolute atomic E-state index is 0.459. The van der Waals surface area contributed by atoms with Gasteiger partial charge >= 0.3 is 0 Å². The van der Waals surface area contributed by atoms with E-state index in [0.717, 1.165) is 11.8 Å². The Labute approximate surface area is 113 Å². The first-order chi connectivity index (χ1) is 8.52. The van der Waals surface area contributed by atoms with Gasteiger partial charge in [0.05, 0.1) is 0 Å². The molecule has 0 spiro atoms. The SMILES string of the molecule is CCC1(C)CCN(CC2CC(C)CCC2N)CC1. The van der Waals surface area contributed by atoms with E-state index >= 15 is 0 Å². The van der Waals surface area contributed by atoms with Crippen molar-refractivity contribution in [3.05, 3.63) is 0 Å². The lowest BCUT2D eigenvalue weighted by atomic mass is 9.76. The maximum Gasteiger partial charge on any atom is 0.00795 e. The van der Waals surface area contributed by atoms with Crippen molar-refractivity contribution in [2.24, 2.45) is 23.0 Å². The van der Waals surface area contributed by atoms with E-state index < -0.39 is 0 Å². The zero-order valence-corrected chi connectivity index (χ0v) is 12.6. The molecule has 106 valence electrons. The molecule has 0 aromatic carbocycles. The molecule has 1 saturated heterocycles. The minimum Gasteiger partial charge on any atom is -0.327 e. The van der Waals surface area contributed by atoms with Gasteiger partial charge in [0.15, 0.2) is 0 Å². The number of nitrogens with zero attached hydrogens (tertiary/aromatic N) is 1. The summed E-state index contributed by atoms with van der Waals surface area (Å²) >= 11 is 0. The maximum absolute atomic E-state index is 6.31. The normalized spacial score (nSPS) is 37.7. The highest BCUT2D eigenvalue weighted by Crippen LogP contribution is 2.35. The van der Waals surface area contributed by atoms with Gasteiger partial charge in [0.2, 0.25) is 0 Å². The number of rotatable bonds is 3. The van der Waals surface area contributed by atoms with Gasteiger partial charge in [-0.25, -0.2) is 0 Å². The Morgan fingerprint density at radius 2 is 1.89 bits per heavy atom. The van der Waals surface area contributed by atoms with Gasteiger partial charge < -0.3 is 10.6 Å². The standard InChI is InChI=1S/C16H32N2/c1-4-16(3)7-9-18(10-8-16)12-14-11-13(2)5-6-15(14)17/h13-15H,4-12,17H2,1-3H3. The Bertz CT molecular complexity index is 256. The topological polar surface area (TPSA) is 29.3 Å². The molecule has 2 aliphatic rings. The molecule has 1 heterocycles. The predicted octanol–water partition coefficient (Wildman–Crippen LogP) is 3.26. The van der Waals surface area contributed by atoms with Gasteiger partial charge in [0.1, 0.15) is 0 Å². The predicted molar refractivity (Wildman–Crippen MR) is 78.6 cm³/mol. The fourth-order valence-electron chi connectivity index (χ4n) is 3.69. The van der Waals surface area contributed by atoms with Gasteiger partial charge in [0, 0.05) is 12.6 Å².